The Kier molecular flexibility index (Phi) is 3.17. The summed E-state index contributed by atoms with van der Waals surface area (Å²) in [7, 11) is 0. The summed E-state index contributed by atoms with van der Waals surface area (Å²) in [6, 6.07) is 9.24. The third-order valence-electron chi connectivity index (χ3n) is 2.78. The van der Waals surface area contributed by atoms with E-state index in [9.17, 15) is 4.79 Å². The lowest BCUT2D eigenvalue weighted by molar-refractivity contribution is 0.0696. The average molecular weight is 257 g/mol. The van der Waals surface area contributed by atoms with Gasteiger partial charge in [-0.25, -0.2) is 4.79 Å². The van der Waals surface area contributed by atoms with Crippen LogP contribution < -0.4 is 0 Å². The van der Waals surface area contributed by atoms with Crippen LogP contribution in [0.3, 0.4) is 0 Å². The molecule has 0 bridgehead atoms. The van der Waals surface area contributed by atoms with Crippen molar-refractivity contribution in [3.63, 3.8) is 0 Å². The minimum absolute atomic E-state index is 0.308. The minimum Gasteiger partial charge on any atom is -0.478 e. The number of hydrogen-bond acceptors (Lipinski definition) is 3. The molecule has 0 saturated carbocycles. The predicted octanol–water partition coefficient (Wildman–Crippen LogP) is 3.60. The van der Waals surface area contributed by atoms with Crippen molar-refractivity contribution in [2.45, 2.75) is 13.8 Å². The lowest BCUT2D eigenvalue weighted by Gasteiger charge is -2.08. The van der Waals surface area contributed by atoms with Crippen LogP contribution in [0, 0.1) is 25.2 Å². The molecule has 2 aromatic rings. The third-order valence-corrected chi connectivity index (χ3v) is 3.81. The normalized spacial score (nSPS) is 10.1. The Labute approximate surface area is 109 Å². The highest BCUT2D eigenvalue weighted by atomic mass is 32.1. The Morgan fingerprint density at radius 1 is 1.28 bits per heavy atom. The van der Waals surface area contributed by atoms with Gasteiger partial charge in [0.25, 0.3) is 0 Å². The molecule has 0 spiro atoms. The Morgan fingerprint density at radius 2 is 2.00 bits per heavy atom. The van der Waals surface area contributed by atoms with E-state index >= 15 is 0 Å². The molecule has 1 aromatic heterocycles. The molecule has 0 saturated heterocycles. The number of nitriles is 1. The van der Waals surface area contributed by atoms with Crippen molar-refractivity contribution in [2.24, 2.45) is 0 Å². The minimum atomic E-state index is -0.925. The maximum atomic E-state index is 11.1. The van der Waals surface area contributed by atoms with E-state index in [1.807, 2.05) is 19.1 Å². The third kappa shape index (κ3) is 2.13. The summed E-state index contributed by atoms with van der Waals surface area (Å²) in [6.07, 6.45) is 0. The molecule has 0 radical (unpaired) electrons. The fourth-order valence-electron chi connectivity index (χ4n) is 1.89. The van der Waals surface area contributed by atoms with Crippen LogP contribution in [0.1, 0.15) is 26.4 Å². The number of rotatable bonds is 2. The zero-order valence-corrected chi connectivity index (χ0v) is 10.8. The summed E-state index contributed by atoms with van der Waals surface area (Å²) in [5.74, 6) is -0.925. The summed E-state index contributed by atoms with van der Waals surface area (Å²) in [5.41, 5.74) is 2.96. The van der Waals surface area contributed by atoms with Gasteiger partial charge in [-0.3, -0.25) is 0 Å². The zero-order valence-electron chi connectivity index (χ0n) is 10.0. The van der Waals surface area contributed by atoms with Crippen LogP contribution in [-0.2, 0) is 0 Å². The van der Waals surface area contributed by atoms with Crippen molar-refractivity contribution >= 4 is 17.3 Å². The first-order valence-electron chi connectivity index (χ1n) is 5.37. The van der Waals surface area contributed by atoms with Crippen LogP contribution in [0.2, 0.25) is 0 Å². The largest absolute Gasteiger partial charge is 0.478 e. The van der Waals surface area contributed by atoms with Crippen molar-refractivity contribution in [3.8, 4) is 16.5 Å². The molecule has 90 valence electrons. The van der Waals surface area contributed by atoms with Gasteiger partial charge in [0.15, 0.2) is 0 Å². The van der Waals surface area contributed by atoms with Crippen LogP contribution in [0.15, 0.2) is 24.3 Å². The molecule has 0 unspecified atom stereocenters. The van der Waals surface area contributed by atoms with E-state index in [1.54, 1.807) is 19.1 Å². The highest BCUT2D eigenvalue weighted by Gasteiger charge is 2.13. The zero-order chi connectivity index (χ0) is 13.3. The number of carboxylic acid groups (broad SMARTS) is 1. The summed E-state index contributed by atoms with van der Waals surface area (Å²) in [5, 5.41) is 18.0. The Hall–Kier alpha value is -2.12. The monoisotopic (exact) mass is 257 g/mol. The lowest BCUT2D eigenvalue weighted by Crippen LogP contribution is -2.00. The van der Waals surface area contributed by atoms with E-state index in [2.05, 4.69) is 6.07 Å². The van der Waals surface area contributed by atoms with Gasteiger partial charge in [0.05, 0.1) is 5.56 Å². The second-order valence-corrected chi connectivity index (χ2v) is 5.15. The molecule has 0 aliphatic heterocycles. The summed E-state index contributed by atoms with van der Waals surface area (Å²) < 4.78 is 0. The molecule has 0 fully saturated rings. The molecule has 3 nitrogen and oxygen atoms in total. The maximum Gasteiger partial charge on any atom is 0.335 e. The van der Waals surface area contributed by atoms with Gasteiger partial charge in [-0.1, -0.05) is 6.07 Å². The quantitative estimate of drug-likeness (QED) is 0.894. The van der Waals surface area contributed by atoms with Crippen molar-refractivity contribution in [1.29, 1.82) is 5.26 Å². The van der Waals surface area contributed by atoms with E-state index in [0.29, 0.717) is 10.4 Å². The average Bonchev–Trinajstić information content (AvgIpc) is 2.77. The molecule has 1 heterocycles. The number of aryl methyl sites for hydroxylation is 2. The van der Waals surface area contributed by atoms with Gasteiger partial charge >= 0.3 is 5.97 Å². The van der Waals surface area contributed by atoms with Crippen molar-refractivity contribution in [1.82, 2.24) is 0 Å². The first-order chi connectivity index (χ1) is 8.52. The van der Waals surface area contributed by atoms with Gasteiger partial charge in [-0.05, 0) is 48.7 Å². The molecular formula is C14H11NO2S. The van der Waals surface area contributed by atoms with Crippen LogP contribution in [-0.4, -0.2) is 11.1 Å². The number of benzene rings is 1. The van der Waals surface area contributed by atoms with Crippen LogP contribution >= 0.6 is 11.3 Å². The van der Waals surface area contributed by atoms with Gasteiger partial charge in [0, 0.05) is 4.88 Å². The smallest absolute Gasteiger partial charge is 0.335 e. The van der Waals surface area contributed by atoms with Crippen LogP contribution in [0.5, 0.6) is 0 Å². The second-order valence-electron chi connectivity index (χ2n) is 4.06. The molecule has 18 heavy (non-hydrogen) atoms. The Morgan fingerprint density at radius 3 is 2.56 bits per heavy atom. The molecule has 0 aliphatic carbocycles. The number of carboxylic acids is 1. The van der Waals surface area contributed by atoms with Crippen molar-refractivity contribution < 1.29 is 9.90 Å². The molecule has 2 rings (SSSR count). The van der Waals surface area contributed by atoms with Gasteiger partial charge < -0.3 is 5.11 Å². The SMILES string of the molecule is Cc1cc(C)c(-c2ccc(C#N)s2)cc1C(=O)O. The number of thiophene rings is 1. The fraction of sp³-hybridized carbons (Fsp3) is 0.143. The standard InChI is InChI=1S/C14H11NO2S/c1-8-5-9(2)12(14(16)17)6-11(8)13-4-3-10(7-15)18-13/h3-6H,1-2H3,(H,16,17). The first kappa shape index (κ1) is 12.3. The van der Waals surface area contributed by atoms with Crippen molar-refractivity contribution in [3.05, 3.63) is 45.8 Å². The van der Waals surface area contributed by atoms with E-state index in [4.69, 9.17) is 10.4 Å². The van der Waals surface area contributed by atoms with Crippen LogP contribution in [0.25, 0.3) is 10.4 Å². The number of hydrogen-bond donors (Lipinski definition) is 1. The topological polar surface area (TPSA) is 61.1 Å². The number of carbonyl (C=O) groups is 1. The predicted molar refractivity (Wildman–Crippen MR) is 70.9 cm³/mol. The summed E-state index contributed by atoms with van der Waals surface area (Å²) in [4.78, 5) is 12.7. The van der Waals surface area contributed by atoms with Gasteiger partial charge in [-0.15, -0.1) is 11.3 Å². The molecule has 1 N–H and O–H groups in total. The molecule has 0 amide bonds. The van der Waals surface area contributed by atoms with Crippen LogP contribution in [0.4, 0.5) is 0 Å². The Balaban J connectivity index is 2.61. The highest BCUT2D eigenvalue weighted by Crippen LogP contribution is 2.32. The molecule has 0 aliphatic rings. The lowest BCUT2D eigenvalue weighted by atomic mass is 9.99. The van der Waals surface area contributed by atoms with Gasteiger partial charge in [0.1, 0.15) is 10.9 Å². The fourth-order valence-corrected chi connectivity index (χ4v) is 2.78. The summed E-state index contributed by atoms with van der Waals surface area (Å²) >= 11 is 1.37. The number of aromatic carboxylic acids is 1. The van der Waals surface area contributed by atoms with E-state index in [1.165, 1.54) is 11.3 Å². The van der Waals surface area contributed by atoms with E-state index in [0.717, 1.165) is 21.6 Å². The second kappa shape index (κ2) is 4.63. The van der Waals surface area contributed by atoms with Gasteiger partial charge in [-0.2, -0.15) is 5.26 Å². The summed E-state index contributed by atoms with van der Waals surface area (Å²) in [6.45, 7) is 3.73. The molecular weight excluding hydrogens is 246 g/mol. The maximum absolute atomic E-state index is 11.1. The highest BCUT2D eigenvalue weighted by molar-refractivity contribution is 7.16. The van der Waals surface area contributed by atoms with E-state index < -0.39 is 5.97 Å². The Bertz CT molecular complexity index is 665. The first-order valence-corrected chi connectivity index (χ1v) is 6.19. The molecule has 1 aromatic carbocycles. The molecule has 4 heteroatoms. The van der Waals surface area contributed by atoms with E-state index in [-0.39, 0.29) is 0 Å². The van der Waals surface area contributed by atoms with Gasteiger partial charge in [0.2, 0.25) is 0 Å². The molecule has 0 atom stereocenters. The van der Waals surface area contributed by atoms with Crippen molar-refractivity contribution in [2.75, 3.05) is 0 Å². The number of nitrogens with zero attached hydrogens (tertiary/aromatic N) is 1.